The summed E-state index contributed by atoms with van der Waals surface area (Å²) in [4.78, 5) is 36.8. The molecule has 0 spiro atoms. The molecule has 0 aliphatic heterocycles. The zero-order valence-electron chi connectivity index (χ0n) is 16.1. The molecule has 29 heavy (non-hydrogen) atoms. The topological polar surface area (TPSA) is 108 Å². The second-order valence-electron chi connectivity index (χ2n) is 7.03. The molecular weight excluding hydrogens is 372 g/mol. The number of amides is 2. The van der Waals surface area contributed by atoms with Crippen LogP contribution in [0.3, 0.4) is 0 Å². The molecule has 0 aromatic heterocycles. The molecule has 3 rings (SSSR count). The van der Waals surface area contributed by atoms with Crippen molar-refractivity contribution in [3.8, 4) is 5.75 Å². The second kappa shape index (κ2) is 9.23. The Morgan fingerprint density at radius 1 is 0.931 bits per heavy atom. The van der Waals surface area contributed by atoms with Crippen molar-refractivity contribution in [2.75, 3.05) is 17.7 Å². The SMILES string of the molecule is COc1ccc(NC(=O)c2ccccc2NC(=O)[C@@H]2CCCC[C@@H]2C(=O)[O-])cc1. The highest BCUT2D eigenvalue weighted by atomic mass is 16.5. The van der Waals surface area contributed by atoms with E-state index in [1.165, 1.54) is 0 Å². The van der Waals surface area contributed by atoms with Crippen molar-refractivity contribution in [1.29, 1.82) is 0 Å². The van der Waals surface area contributed by atoms with Gasteiger partial charge in [-0.3, -0.25) is 9.59 Å². The lowest BCUT2D eigenvalue weighted by atomic mass is 9.78. The van der Waals surface area contributed by atoms with Crippen LogP contribution in [-0.4, -0.2) is 24.9 Å². The first-order chi connectivity index (χ1) is 14.0. The molecule has 2 aromatic carbocycles. The van der Waals surface area contributed by atoms with Crippen molar-refractivity contribution in [2.24, 2.45) is 11.8 Å². The number of ether oxygens (including phenoxy) is 1. The second-order valence-corrected chi connectivity index (χ2v) is 7.03. The van der Waals surface area contributed by atoms with Crippen LogP contribution in [-0.2, 0) is 9.59 Å². The Labute approximate surface area is 169 Å². The van der Waals surface area contributed by atoms with Crippen LogP contribution in [0.15, 0.2) is 48.5 Å². The fourth-order valence-corrected chi connectivity index (χ4v) is 3.62. The predicted octanol–water partition coefficient (Wildman–Crippen LogP) is 2.44. The predicted molar refractivity (Wildman–Crippen MR) is 106 cm³/mol. The van der Waals surface area contributed by atoms with E-state index in [4.69, 9.17) is 4.74 Å². The number of methoxy groups -OCH3 is 1. The van der Waals surface area contributed by atoms with Gasteiger partial charge in [-0.15, -0.1) is 0 Å². The van der Waals surface area contributed by atoms with Gasteiger partial charge < -0.3 is 25.3 Å². The van der Waals surface area contributed by atoms with Crippen molar-refractivity contribution >= 4 is 29.2 Å². The number of para-hydroxylation sites is 1. The monoisotopic (exact) mass is 395 g/mol. The summed E-state index contributed by atoms with van der Waals surface area (Å²) in [6.45, 7) is 0. The number of benzene rings is 2. The fourth-order valence-electron chi connectivity index (χ4n) is 3.62. The number of rotatable bonds is 6. The Morgan fingerprint density at radius 2 is 1.59 bits per heavy atom. The average Bonchev–Trinajstić information content (AvgIpc) is 2.74. The number of hydrogen-bond donors (Lipinski definition) is 2. The van der Waals surface area contributed by atoms with Gasteiger partial charge in [-0.2, -0.15) is 0 Å². The largest absolute Gasteiger partial charge is 0.550 e. The molecule has 1 saturated carbocycles. The van der Waals surface area contributed by atoms with Gasteiger partial charge in [-0.05, 0) is 49.2 Å². The van der Waals surface area contributed by atoms with E-state index < -0.39 is 23.7 Å². The maximum absolute atomic E-state index is 12.7. The molecule has 7 heteroatoms. The van der Waals surface area contributed by atoms with E-state index in [1.807, 2.05) is 0 Å². The highest BCUT2D eigenvalue weighted by Gasteiger charge is 2.32. The summed E-state index contributed by atoms with van der Waals surface area (Å²) in [5.41, 5.74) is 1.21. The smallest absolute Gasteiger partial charge is 0.257 e. The number of carboxylic acid groups (broad SMARTS) is 1. The van der Waals surface area contributed by atoms with E-state index in [0.29, 0.717) is 30.0 Å². The first-order valence-corrected chi connectivity index (χ1v) is 9.55. The van der Waals surface area contributed by atoms with Crippen LogP contribution in [0.4, 0.5) is 11.4 Å². The van der Waals surface area contributed by atoms with Crippen LogP contribution < -0.4 is 20.5 Å². The Kier molecular flexibility index (Phi) is 6.49. The highest BCUT2D eigenvalue weighted by Crippen LogP contribution is 2.31. The average molecular weight is 395 g/mol. The van der Waals surface area contributed by atoms with Gasteiger partial charge in [0.15, 0.2) is 0 Å². The summed E-state index contributed by atoms with van der Waals surface area (Å²) in [5.74, 6) is -2.77. The van der Waals surface area contributed by atoms with Gasteiger partial charge >= 0.3 is 0 Å². The van der Waals surface area contributed by atoms with Crippen LogP contribution in [0.25, 0.3) is 0 Å². The lowest BCUT2D eigenvalue weighted by molar-refractivity contribution is -0.313. The van der Waals surface area contributed by atoms with E-state index in [9.17, 15) is 19.5 Å². The van der Waals surface area contributed by atoms with Gasteiger partial charge in [0.25, 0.3) is 5.91 Å². The number of carbonyl (C=O) groups excluding carboxylic acids is 3. The zero-order chi connectivity index (χ0) is 20.8. The third kappa shape index (κ3) is 4.93. The van der Waals surface area contributed by atoms with E-state index in [-0.39, 0.29) is 11.5 Å². The van der Waals surface area contributed by atoms with E-state index in [0.717, 1.165) is 12.8 Å². The maximum Gasteiger partial charge on any atom is 0.257 e. The van der Waals surface area contributed by atoms with Gasteiger partial charge in [-0.1, -0.05) is 25.0 Å². The van der Waals surface area contributed by atoms with E-state index >= 15 is 0 Å². The maximum atomic E-state index is 12.7. The Morgan fingerprint density at radius 3 is 2.24 bits per heavy atom. The quantitative estimate of drug-likeness (QED) is 0.781. The normalized spacial score (nSPS) is 18.5. The number of carbonyl (C=O) groups is 3. The summed E-state index contributed by atoms with van der Waals surface area (Å²) in [5, 5.41) is 16.9. The molecule has 2 amide bonds. The molecule has 2 aromatic rings. The molecule has 1 aliphatic rings. The zero-order valence-corrected chi connectivity index (χ0v) is 16.1. The molecule has 0 saturated heterocycles. The first-order valence-electron chi connectivity index (χ1n) is 9.55. The molecular formula is C22H23N2O5-. The molecule has 7 nitrogen and oxygen atoms in total. The number of aliphatic carboxylic acids is 1. The van der Waals surface area contributed by atoms with Crippen molar-refractivity contribution < 1.29 is 24.2 Å². The van der Waals surface area contributed by atoms with Crippen LogP contribution in [0.2, 0.25) is 0 Å². The summed E-state index contributed by atoms with van der Waals surface area (Å²) in [6.07, 6.45) is 2.48. The van der Waals surface area contributed by atoms with Gasteiger partial charge in [0.1, 0.15) is 5.75 Å². The number of hydrogen-bond acceptors (Lipinski definition) is 5. The fraction of sp³-hybridized carbons (Fsp3) is 0.318. The standard InChI is InChI=1S/C22H24N2O5/c1-29-15-12-10-14(11-13-15)23-21(26)18-8-4-5-9-19(18)24-20(25)16-6-2-3-7-17(16)22(27)28/h4-5,8-13,16-17H,2-3,6-7H2,1H3,(H,23,26)(H,24,25)(H,27,28)/p-1/t16-,17+/m1/s1. The molecule has 0 bridgehead atoms. The summed E-state index contributed by atoms with van der Waals surface area (Å²) < 4.78 is 5.10. The molecule has 2 atom stereocenters. The summed E-state index contributed by atoms with van der Waals surface area (Å²) >= 11 is 0. The minimum atomic E-state index is -1.20. The Bertz CT molecular complexity index is 894. The summed E-state index contributed by atoms with van der Waals surface area (Å²) in [6, 6.07) is 13.5. The number of nitrogens with one attached hydrogen (secondary N) is 2. The summed E-state index contributed by atoms with van der Waals surface area (Å²) in [7, 11) is 1.56. The van der Waals surface area contributed by atoms with Crippen LogP contribution in [0.5, 0.6) is 5.75 Å². The molecule has 0 heterocycles. The van der Waals surface area contributed by atoms with E-state index in [1.54, 1.807) is 55.6 Å². The third-order valence-electron chi connectivity index (χ3n) is 5.18. The molecule has 1 fully saturated rings. The van der Waals surface area contributed by atoms with Crippen LogP contribution in [0.1, 0.15) is 36.0 Å². The minimum Gasteiger partial charge on any atom is -0.550 e. The molecule has 0 radical (unpaired) electrons. The highest BCUT2D eigenvalue weighted by molar-refractivity contribution is 6.10. The van der Waals surface area contributed by atoms with Crippen molar-refractivity contribution in [3.05, 3.63) is 54.1 Å². The van der Waals surface area contributed by atoms with Crippen LogP contribution in [0, 0.1) is 11.8 Å². The molecule has 0 unspecified atom stereocenters. The van der Waals surface area contributed by atoms with Crippen molar-refractivity contribution in [1.82, 2.24) is 0 Å². The molecule has 152 valence electrons. The Hall–Kier alpha value is -3.35. The van der Waals surface area contributed by atoms with Gasteiger partial charge in [0.2, 0.25) is 5.91 Å². The van der Waals surface area contributed by atoms with Crippen LogP contribution >= 0.6 is 0 Å². The van der Waals surface area contributed by atoms with Gasteiger partial charge in [0.05, 0.1) is 18.4 Å². The van der Waals surface area contributed by atoms with Crippen molar-refractivity contribution in [3.63, 3.8) is 0 Å². The van der Waals surface area contributed by atoms with Gasteiger partial charge in [0, 0.05) is 23.5 Å². The van der Waals surface area contributed by atoms with E-state index in [2.05, 4.69) is 10.6 Å². The van der Waals surface area contributed by atoms with Gasteiger partial charge in [-0.25, -0.2) is 0 Å². The third-order valence-corrected chi connectivity index (χ3v) is 5.18. The lowest BCUT2D eigenvalue weighted by Gasteiger charge is -2.31. The molecule has 1 aliphatic carbocycles. The number of carboxylic acids is 1. The molecule has 2 N–H and O–H groups in total. The van der Waals surface area contributed by atoms with Crippen molar-refractivity contribution in [2.45, 2.75) is 25.7 Å². The first kappa shape index (κ1) is 20.4. The Balaban J connectivity index is 1.74. The minimum absolute atomic E-state index is 0.289. The lowest BCUT2D eigenvalue weighted by Crippen LogP contribution is -2.42. The number of anilines is 2.